The molecule has 7 aromatic rings. The largest absolute Gasteiger partial charge is 0.399 e. The number of nitrogen functional groups attached to an aromatic ring is 1. The zero-order valence-electron chi connectivity index (χ0n) is 26.6. The first kappa shape index (κ1) is 28.6. The molecule has 48 heavy (non-hydrogen) atoms. The summed E-state index contributed by atoms with van der Waals surface area (Å²) in [6.07, 6.45) is 0. The molecule has 0 aromatic heterocycles. The molecule has 0 atom stereocenters. The highest BCUT2D eigenvalue weighted by Gasteiger charge is 2.41. The Bertz CT molecular complexity index is 2220. The number of hydrogen-bond donors (Lipinski definition) is 2. The van der Waals surface area contributed by atoms with Crippen LogP contribution in [0.3, 0.4) is 0 Å². The lowest BCUT2D eigenvalue weighted by atomic mass is 9.33. The van der Waals surface area contributed by atoms with Gasteiger partial charge < -0.3 is 16.0 Å². The van der Waals surface area contributed by atoms with Crippen LogP contribution in [-0.4, -0.2) is 25.0 Å². The van der Waals surface area contributed by atoms with Crippen LogP contribution in [0.4, 0.5) is 34.1 Å². The fourth-order valence-corrected chi connectivity index (χ4v) is 12.3. The molecule has 9 rings (SSSR count). The van der Waals surface area contributed by atoms with Crippen molar-refractivity contribution in [3.8, 4) is 0 Å². The van der Waals surface area contributed by atoms with Crippen LogP contribution in [0.25, 0.3) is 0 Å². The lowest BCUT2D eigenvalue weighted by Crippen LogP contribution is -2.62. The Kier molecular flexibility index (Phi) is 7.11. The maximum Gasteiger partial charge on any atom is 0.252 e. The van der Waals surface area contributed by atoms with Crippen molar-refractivity contribution in [1.82, 2.24) is 0 Å². The number of para-hydroxylation sites is 1. The third kappa shape index (κ3) is 4.98. The van der Waals surface area contributed by atoms with E-state index in [-0.39, 0.29) is 6.71 Å². The monoisotopic (exact) mass is 647 g/mol. The van der Waals surface area contributed by atoms with E-state index in [1.165, 1.54) is 48.0 Å². The maximum absolute atomic E-state index is 6.66. The average Bonchev–Trinajstić information content (AvgIpc) is 3.13. The Morgan fingerprint density at radius 1 is 0.521 bits per heavy atom. The van der Waals surface area contributed by atoms with Gasteiger partial charge in [-0.15, -0.1) is 0 Å². The topological polar surface area (TPSA) is 41.3 Å². The number of hydrogen-bond acceptors (Lipinski definition) is 3. The third-order valence-electron chi connectivity index (χ3n) is 9.90. The summed E-state index contributed by atoms with van der Waals surface area (Å²) in [5, 5.41) is 10.9. The molecule has 0 saturated heterocycles. The molecule has 0 spiro atoms. The molecule has 0 radical (unpaired) electrons. The van der Waals surface area contributed by atoms with Crippen LogP contribution in [0, 0.1) is 0 Å². The Morgan fingerprint density at radius 2 is 1.15 bits per heavy atom. The van der Waals surface area contributed by atoms with E-state index in [1.54, 1.807) is 0 Å². The van der Waals surface area contributed by atoms with Gasteiger partial charge in [-0.1, -0.05) is 159 Å². The van der Waals surface area contributed by atoms with Crippen molar-refractivity contribution in [2.75, 3.05) is 16.0 Å². The van der Waals surface area contributed by atoms with Gasteiger partial charge >= 0.3 is 0 Å². The van der Waals surface area contributed by atoms with Crippen molar-refractivity contribution < 1.29 is 0 Å². The van der Waals surface area contributed by atoms with E-state index in [4.69, 9.17) is 5.73 Å². The van der Waals surface area contributed by atoms with E-state index in [0.717, 1.165) is 28.4 Å². The predicted molar refractivity (Wildman–Crippen MR) is 213 cm³/mol. The minimum Gasteiger partial charge on any atom is -0.399 e. The molecule has 7 aromatic carbocycles. The third-order valence-corrected chi connectivity index (χ3v) is 14.8. The zero-order valence-corrected chi connectivity index (χ0v) is 29.1. The molecule has 0 aliphatic carbocycles. The van der Waals surface area contributed by atoms with Crippen molar-refractivity contribution in [2.24, 2.45) is 0 Å². The molecule has 0 saturated carbocycles. The summed E-state index contributed by atoms with van der Waals surface area (Å²) in [4.78, 5) is 2.44. The SMILES string of the molecule is Nc1cc2c3c(c1)N(c1ccc([SiH2]c4ccccc4)cc1)c1ccc([SiH](c4ccccc4)c4ccccc4)cc1B3c1ccccc1N2. The van der Waals surface area contributed by atoms with Gasteiger partial charge in [-0.05, 0) is 52.8 Å². The number of benzene rings is 7. The predicted octanol–water partition coefficient (Wildman–Crippen LogP) is 2.99. The van der Waals surface area contributed by atoms with Gasteiger partial charge in [-0.2, -0.15) is 0 Å². The second kappa shape index (κ2) is 11.9. The smallest absolute Gasteiger partial charge is 0.252 e. The molecule has 2 aliphatic heterocycles. The molecule has 0 amide bonds. The molecule has 0 bridgehead atoms. The van der Waals surface area contributed by atoms with Crippen LogP contribution in [0.5, 0.6) is 0 Å². The highest BCUT2D eigenvalue weighted by atomic mass is 28.3. The van der Waals surface area contributed by atoms with Crippen molar-refractivity contribution in [1.29, 1.82) is 0 Å². The summed E-state index contributed by atoms with van der Waals surface area (Å²) in [6.45, 7) is 0.0882. The first-order valence-corrected chi connectivity index (χ1v) is 19.8. The number of nitrogens with one attached hydrogen (secondary N) is 1. The van der Waals surface area contributed by atoms with E-state index < -0.39 is 18.3 Å². The lowest BCUT2D eigenvalue weighted by Gasteiger charge is -2.41. The molecular weight excluding hydrogens is 613 g/mol. The van der Waals surface area contributed by atoms with Gasteiger partial charge in [-0.3, -0.25) is 0 Å². The Hall–Kier alpha value is -5.56. The second-order valence-electron chi connectivity index (χ2n) is 12.9. The van der Waals surface area contributed by atoms with Gasteiger partial charge in [0.1, 0.15) is 8.80 Å². The fourth-order valence-electron chi connectivity index (χ4n) is 7.80. The van der Waals surface area contributed by atoms with Crippen LogP contribution < -0.4 is 58.3 Å². The van der Waals surface area contributed by atoms with Crippen LogP contribution in [0.15, 0.2) is 170 Å². The Morgan fingerprint density at radius 3 is 1.85 bits per heavy atom. The molecule has 228 valence electrons. The molecule has 6 heteroatoms. The van der Waals surface area contributed by atoms with Crippen molar-refractivity contribution in [3.63, 3.8) is 0 Å². The van der Waals surface area contributed by atoms with Gasteiger partial charge in [0.25, 0.3) is 6.71 Å². The molecular formula is C42H34BN3Si2. The van der Waals surface area contributed by atoms with Crippen molar-refractivity contribution >= 4 is 101 Å². The van der Waals surface area contributed by atoms with E-state index in [1.807, 2.05) is 0 Å². The minimum atomic E-state index is -1.76. The Labute approximate surface area is 286 Å². The summed E-state index contributed by atoms with van der Waals surface area (Å²) in [5.74, 6) is 0. The van der Waals surface area contributed by atoms with Crippen LogP contribution in [-0.2, 0) is 0 Å². The summed E-state index contributed by atoms with van der Waals surface area (Å²) in [7, 11) is -2.31. The quantitative estimate of drug-likeness (QED) is 0.166. The molecule has 0 unspecified atom stereocenters. The molecule has 2 aliphatic rings. The number of anilines is 6. The molecule has 0 fully saturated rings. The van der Waals surface area contributed by atoms with Gasteiger partial charge in [-0.25, -0.2) is 0 Å². The van der Waals surface area contributed by atoms with Gasteiger partial charge in [0, 0.05) is 34.1 Å². The number of nitrogens with zero attached hydrogens (tertiary/aromatic N) is 1. The minimum absolute atomic E-state index is 0.0882. The normalized spacial score (nSPS) is 12.9. The Balaban J connectivity index is 1.24. The number of nitrogens with two attached hydrogens (primary N) is 1. The van der Waals surface area contributed by atoms with Crippen LogP contribution >= 0.6 is 0 Å². The maximum atomic E-state index is 6.66. The van der Waals surface area contributed by atoms with E-state index >= 15 is 0 Å². The highest BCUT2D eigenvalue weighted by Crippen LogP contribution is 2.40. The number of fused-ring (bicyclic) bond motifs is 4. The molecule has 3 nitrogen and oxygen atoms in total. The summed E-state index contributed by atoms with van der Waals surface area (Å²) in [6, 6.07) is 62.7. The standard InChI is InChI=1S/C42H34BN3Si2/c44-29-26-39-42-41(27-29)46(30-20-22-32(23-21-30)47-31-12-4-1-5-13-31)40-25-24-35(28-37(40)43(42)36-18-10-11-19-38(36)45-39)48(33-14-6-2-7-15-33)34-16-8-3-9-17-34/h1-28,45,48H,44,47H2. The van der Waals surface area contributed by atoms with Crippen LogP contribution in [0.1, 0.15) is 0 Å². The van der Waals surface area contributed by atoms with Crippen LogP contribution in [0.2, 0.25) is 0 Å². The zero-order chi connectivity index (χ0) is 32.0. The summed E-state index contributed by atoms with van der Waals surface area (Å²) in [5.41, 5.74) is 17.1. The fraction of sp³-hybridized carbons (Fsp3) is 0. The summed E-state index contributed by atoms with van der Waals surface area (Å²) < 4.78 is 0. The van der Waals surface area contributed by atoms with Gasteiger partial charge in [0.05, 0.1) is 9.52 Å². The molecule has 2 heterocycles. The first-order chi connectivity index (χ1) is 23.7. The van der Waals surface area contributed by atoms with E-state index in [9.17, 15) is 0 Å². The second-order valence-corrected chi connectivity index (χ2v) is 17.7. The van der Waals surface area contributed by atoms with Gasteiger partial charge in [0.2, 0.25) is 0 Å². The molecule has 3 N–H and O–H groups in total. The lowest BCUT2D eigenvalue weighted by molar-refractivity contribution is 1.29. The summed E-state index contributed by atoms with van der Waals surface area (Å²) >= 11 is 0. The van der Waals surface area contributed by atoms with Gasteiger partial charge in [0.15, 0.2) is 0 Å². The van der Waals surface area contributed by atoms with Crippen molar-refractivity contribution in [2.45, 2.75) is 0 Å². The van der Waals surface area contributed by atoms with Crippen molar-refractivity contribution in [3.05, 3.63) is 170 Å². The van der Waals surface area contributed by atoms with E-state index in [0.29, 0.717) is 0 Å². The van der Waals surface area contributed by atoms with E-state index in [2.05, 4.69) is 180 Å². The first-order valence-electron chi connectivity index (χ1n) is 16.7. The number of rotatable bonds is 6. The average molecular weight is 648 g/mol. The highest BCUT2D eigenvalue weighted by molar-refractivity contribution is 7.01.